The Morgan fingerprint density at radius 2 is 1.47 bits per heavy atom. The Labute approximate surface area is 180 Å². The maximum Gasteiger partial charge on any atom is 0.0726 e. The molecular formula is C26H34N4. The van der Waals surface area contributed by atoms with Crippen LogP contribution in [-0.2, 0) is 0 Å². The number of nitrogens with zero attached hydrogens (tertiary/aromatic N) is 3. The van der Waals surface area contributed by atoms with E-state index in [0.717, 1.165) is 41.1 Å². The zero-order valence-electron chi connectivity index (χ0n) is 19.4. The zero-order valence-corrected chi connectivity index (χ0v) is 19.4. The molecular weight excluding hydrogens is 368 g/mol. The Kier molecular flexibility index (Phi) is 5.01. The lowest BCUT2D eigenvalue weighted by atomic mass is 9.88. The highest BCUT2D eigenvalue weighted by Crippen LogP contribution is 2.35. The number of fused-ring (bicyclic) bond motifs is 1. The molecule has 0 spiro atoms. The first-order valence-electron chi connectivity index (χ1n) is 10.8. The summed E-state index contributed by atoms with van der Waals surface area (Å²) in [5.74, 6) is 0. The first-order valence-corrected chi connectivity index (χ1v) is 10.8. The summed E-state index contributed by atoms with van der Waals surface area (Å²) in [4.78, 5) is 9.76. The van der Waals surface area contributed by atoms with E-state index in [2.05, 4.69) is 106 Å². The molecule has 2 heterocycles. The van der Waals surface area contributed by atoms with Crippen molar-refractivity contribution in [3.8, 4) is 0 Å². The average Bonchev–Trinajstić information content (AvgIpc) is 2.69. The number of piperazine rings is 1. The van der Waals surface area contributed by atoms with E-state index in [1.54, 1.807) is 0 Å². The number of anilines is 3. The Bertz CT molecular complexity index is 1050. The summed E-state index contributed by atoms with van der Waals surface area (Å²) >= 11 is 0. The van der Waals surface area contributed by atoms with Crippen molar-refractivity contribution in [1.82, 2.24) is 9.88 Å². The van der Waals surface area contributed by atoms with E-state index in [-0.39, 0.29) is 11.1 Å². The molecule has 2 aromatic carbocycles. The van der Waals surface area contributed by atoms with Gasteiger partial charge in [-0.2, -0.15) is 0 Å². The minimum Gasteiger partial charge on any atom is -0.368 e. The Hall–Kier alpha value is -2.59. The van der Waals surface area contributed by atoms with Crippen molar-refractivity contribution in [3.05, 3.63) is 59.8 Å². The van der Waals surface area contributed by atoms with E-state index in [1.165, 1.54) is 11.3 Å². The van der Waals surface area contributed by atoms with Gasteiger partial charge in [-0.25, -0.2) is 0 Å². The van der Waals surface area contributed by atoms with Crippen LogP contribution in [0.2, 0.25) is 0 Å². The third-order valence-electron chi connectivity index (χ3n) is 6.85. The molecule has 4 heteroatoms. The lowest BCUT2D eigenvalue weighted by Gasteiger charge is -2.55. The number of benzene rings is 2. The van der Waals surface area contributed by atoms with Gasteiger partial charge in [-0.1, -0.05) is 18.2 Å². The third kappa shape index (κ3) is 3.65. The predicted molar refractivity (Wildman–Crippen MR) is 129 cm³/mol. The van der Waals surface area contributed by atoms with Crippen LogP contribution >= 0.6 is 0 Å². The maximum atomic E-state index is 4.74. The molecule has 0 unspecified atom stereocenters. The van der Waals surface area contributed by atoms with E-state index < -0.39 is 0 Å². The third-order valence-corrected chi connectivity index (χ3v) is 6.85. The van der Waals surface area contributed by atoms with Crippen LogP contribution in [0, 0.1) is 13.8 Å². The zero-order chi connectivity index (χ0) is 21.7. The topological polar surface area (TPSA) is 31.4 Å². The van der Waals surface area contributed by atoms with E-state index in [9.17, 15) is 0 Å². The lowest BCUT2D eigenvalue weighted by Crippen LogP contribution is -2.67. The highest BCUT2D eigenvalue weighted by atomic mass is 15.3. The fourth-order valence-corrected chi connectivity index (χ4v) is 4.70. The second-order valence-corrected chi connectivity index (χ2v) is 9.93. The first kappa shape index (κ1) is 20.7. The number of pyridine rings is 1. The van der Waals surface area contributed by atoms with Crippen LogP contribution in [0.15, 0.2) is 48.5 Å². The Balaban J connectivity index is 1.61. The molecule has 4 nitrogen and oxygen atoms in total. The van der Waals surface area contributed by atoms with Crippen molar-refractivity contribution in [2.45, 2.75) is 52.6 Å². The first-order chi connectivity index (χ1) is 14.1. The van der Waals surface area contributed by atoms with Crippen LogP contribution in [-0.4, -0.2) is 41.1 Å². The van der Waals surface area contributed by atoms with Gasteiger partial charge in [0.2, 0.25) is 0 Å². The number of rotatable bonds is 3. The van der Waals surface area contributed by atoms with Crippen molar-refractivity contribution in [2.24, 2.45) is 0 Å². The summed E-state index contributed by atoms with van der Waals surface area (Å²) in [6, 6.07) is 17.2. The highest BCUT2D eigenvalue weighted by Gasteiger charge is 2.42. The van der Waals surface area contributed by atoms with Gasteiger partial charge in [-0.3, -0.25) is 9.88 Å². The van der Waals surface area contributed by atoms with Gasteiger partial charge in [0.25, 0.3) is 0 Å². The van der Waals surface area contributed by atoms with E-state index >= 15 is 0 Å². The summed E-state index contributed by atoms with van der Waals surface area (Å²) in [6.45, 7) is 15.6. The smallest absolute Gasteiger partial charge is 0.0726 e. The number of likely N-dealkylation sites (N-methyl/N-ethyl adjacent to an activating group) is 1. The molecule has 0 bridgehead atoms. The van der Waals surface area contributed by atoms with Crippen LogP contribution in [0.3, 0.4) is 0 Å². The van der Waals surface area contributed by atoms with E-state index in [1.807, 2.05) is 6.07 Å². The van der Waals surface area contributed by atoms with Crippen LogP contribution in [0.1, 0.15) is 39.0 Å². The number of hydrogen-bond donors (Lipinski definition) is 1. The van der Waals surface area contributed by atoms with Gasteiger partial charge in [0.15, 0.2) is 0 Å². The van der Waals surface area contributed by atoms with Crippen molar-refractivity contribution in [1.29, 1.82) is 0 Å². The van der Waals surface area contributed by atoms with Gasteiger partial charge in [0.1, 0.15) is 0 Å². The molecule has 1 fully saturated rings. The number of aryl methyl sites for hydroxylation is 1. The molecule has 3 aromatic rings. The minimum absolute atomic E-state index is 0.128. The van der Waals surface area contributed by atoms with Gasteiger partial charge in [-0.05, 0) is 84.5 Å². The Morgan fingerprint density at radius 3 is 2.10 bits per heavy atom. The molecule has 0 amide bonds. The van der Waals surface area contributed by atoms with Gasteiger partial charge in [-0.15, -0.1) is 0 Å². The van der Waals surface area contributed by atoms with Crippen LogP contribution in [0.4, 0.5) is 17.1 Å². The number of hydrogen-bond acceptors (Lipinski definition) is 4. The maximum absolute atomic E-state index is 4.74. The molecule has 30 heavy (non-hydrogen) atoms. The number of nitrogens with one attached hydrogen (secondary N) is 1. The molecule has 0 aliphatic carbocycles. The molecule has 0 radical (unpaired) electrons. The summed E-state index contributed by atoms with van der Waals surface area (Å²) in [5, 5.41) is 4.82. The van der Waals surface area contributed by atoms with Crippen molar-refractivity contribution in [2.75, 3.05) is 30.4 Å². The van der Waals surface area contributed by atoms with Crippen LogP contribution in [0.25, 0.3) is 10.9 Å². The predicted octanol–water partition coefficient (Wildman–Crippen LogP) is 5.90. The molecule has 1 aliphatic heterocycles. The second-order valence-electron chi connectivity index (χ2n) is 9.93. The number of aromatic nitrogens is 1. The Morgan fingerprint density at radius 1 is 0.867 bits per heavy atom. The van der Waals surface area contributed by atoms with Gasteiger partial charge < -0.3 is 10.2 Å². The molecule has 4 rings (SSSR count). The SMILES string of the molecule is Cc1nc2ccccc2c(Nc2ccc(N3CC(C)(C)N(C)C(C)(C)C3)cc2)c1C. The minimum atomic E-state index is 0.128. The van der Waals surface area contributed by atoms with E-state index in [4.69, 9.17) is 4.98 Å². The van der Waals surface area contributed by atoms with Gasteiger partial charge in [0.05, 0.1) is 11.2 Å². The standard InChI is InChI=1S/C26H34N4/c1-18-19(2)27-23-11-9-8-10-22(23)24(18)28-20-12-14-21(15-13-20)30-16-25(3,4)29(7)26(5,6)17-30/h8-15H,16-17H2,1-7H3,(H,27,28). The molecule has 1 aliphatic rings. The van der Waals surface area contributed by atoms with Crippen molar-refractivity contribution in [3.63, 3.8) is 0 Å². The fourth-order valence-electron chi connectivity index (χ4n) is 4.70. The molecule has 1 saturated heterocycles. The van der Waals surface area contributed by atoms with Gasteiger partial charge >= 0.3 is 0 Å². The van der Waals surface area contributed by atoms with Gasteiger partial charge in [0, 0.05) is 46.6 Å². The van der Waals surface area contributed by atoms with Crippen molar-refractivity contribution < 1.29 is 0 Å². The summed E-state index contributed by atoms with van der Waals surface area (Å²) in [7, 11) is 2.24. The van der Waals surface area contributed by atoms with Crippen LogP contribution < -0.4 is 10.2 Å². The highest BCUT2D eigenvalue weighted by molar-refractivity contribution is 5.95. The molecule has 1 aromatic heterocycles. The molecule has 0 saturated carbocycles. The van der Waals surface area contributed by atoms with E-state index in [0.29, 0.717) is 0 Å². The quantitative estimate of drug-likeness (QED) is 0.591. The van der Waals surface area contributed by atoms with Crippen LogP contribution in [0.5, 0.6) is 0 Å². The fraction of sp³-hybridized carbons (Fsp3) is 0.423. The number of para-hydroxylation sites is 1. The molecule has 0 atom stereocenters. The normalized spacial score (nSPS) is 18.6. The second kappa shape index (κ2) is 7.28. The largest absolute Gasteiger partial charge is 0.368 e. The summed E-state index contributed by atoms with van der Waals surface area (Å²) < 4.78 is 0. The molecule has 1 N–H and O–H groups in total. The summed E-state index contributed by atoms with van der Waals surface area (Å²) in [5.41, 5.74) is 7.07. The molecule has 158 valence electrons. The average molecular weight is 403 g/mol. The lowest BCUT2D eigenvalue weighted by molar-refractivity contribution is 0.0266. The van der Waals surface area contributed by atoms with Crippen molar-refractivity contribution >= 4 is 28.0 Å². The summed E-state index contributed by atoms with van der Waals surface area (Å²) in [6.07, 6.45) is 0. The monoisotopic (exact) mass is 402 g/mol.